The standard InChI is InChI=1S/C23H21F3O3S/c1-3-30(27,28)19-10-11-20(16(2)13-19)21-14-18(23(24,25)26)9-12-22(21)29-15-17-7-5-4-6-8-17/h4-14H,3,15H2,1-2H3. The van der Waals surface area contributed by atoms with E-state index in [9.17, 15) is 21.6 Å². The Kier molecular flexibility index (Phi) is 6.22. The monoisotopic (exact) mass is 434 g/mol. The molecular formula is C23H21F3O3S. The molecule has 0 fully saturated rings. The van der Waals surface area contributed by atoms with E-state index in [4.69, 9.17) is 4.74 Å². The van der Waals surface area contributed by atoms with Crippen molar-refractivity contribution in [3.05, 3.63) is 83.4 Å². The number of ether oxygens (including phenoxy) is 1. The van der Waals surface area contributed by atoms with Gasteiger partial charge in [-0.3, -0.25) is 0 Å². The van der Waals surface area contributed by atoms with Gasteiger partial charge in [-0.05, 0) is 53.9 Å². The van der Waals surface area contributed by atoms with Gasteiger partial charge in [0.1, 0.15) is 12.4 Å². The number of hydrogen-bond donors (Lipinski definition) is 0. The first-order chi connectivity index (χ1) is 14.1. The molecule has 0 bridgehead atoms. The van der Waals surface area contributed by atoms with E-state index < -0.39 is 21.6 Å². The third kappa shape index (κ3) is 4.84. The second kappa shape index (κ2) is 8.52. The van der Waals surface area contributed by atoms with Crippen LogP contribution in [0.2, 0.25) is 0 Å². The average Bonchev–Trinajstić information content (AvgIpc) is 2.72. The Balaban J connectivity index is 2.06. The van der Waals surface area contributed by atoms with Gasteiger partial charge >= 0.3 is 6.18 Å². The molecule has 3 nitrogen and oxygen atoms in total. The minimum absolute atomic E-state index is 0.0548. The topological polar surface area (TPSA) is 43.4 Å². The summed E-state index contributed by atoms with van der Waals surface area (Å²) in [6.07, 6.45) is -4.51. The molecule has 7 heteroatoms. The lowest BCUT2D eigenvalue weighted by Gasteiger charge is -2.17. The minimum Gasteiger partial charge on any atom is -0.488 e. The van der Waals surface area contributed by atoms with Crippen molar-refractivity contribution in [3.8, 4) is 16.9 Å². The van der Waals surface area contributed by atoms with Gasteiger partial charge in [-0.15, -0.1) is 0 Å². The molecule has 30 heavy (non-hydrogen) atoms. The Morgan fingerprint density at radius 3 is 2.20 bits per heavy atom. The van der Waals surface area contributed by atoms with Crippen LogP contribution >= 0.6 is 0 Å². The van der Waals surface area contributed by atoms with Crippen molar-refractivity contribution in [1.29, 1.82) is 0 Å². The van der Waals surface area contributed by atoms with E-state index in [2.05, 4.69) is 0 Å². The lowest BCUT2D eigenvalue weighted by Crippen LogP contribution is -2.07. The zero-order valence-corrected chi connectivity index (χ0v) is 17.3. The van der Waals surface area contributed by atoms with Crippen LogP contribution in [0.4, 0.5) is 13.2 Å². The molecule has 0 aliphatic carbocycles. The Morgan fingerprint density at radius 1 is 0.900 bits per heavy atom. The number of halogens is 3. The summed E-state index contributed by atoms with van der Waals surface area (Å²) in [5.74, 6) is 0.238. The van der Waals surface area contributed by atoms with E-state index in [1.165, 1.54) is 24.3 Å². The Labute approximate surface area is 174 Å². The van der Waals surface area contributed by atoms with Crippen molar-refractivity contribution in [2.45, 2.75) is 31.5 Å². The number of sulfone groups is 1. The van der Waals surface area contributed by atoms with Gasteiger partial charge < -0.3 is 4.74 Å². The fourth-order valence-electron chi connectivity index (χ4n) is 3.08. The summed E-state index contributed by atoms with van der Waals surface area (Å²) in [6, 6.07) is 17.0. The summed E-state index contributed by atoms with van der Waals surface area (Å²) in [5.41, 5.74) is 1.38. The van der Waals surface area contributed by atoms with Crippen molar-refractivity contribution in [3.63, 3.8) is 0 Å². The third-order valence-electron chi connectivity index (χ3n) is 4.77. The maximum absolute atomic E-state index is 13.3. The van der Waals surface area contributed by atoms with E-state index in [1.807, 2.05) is 30.3 Å². The first kappa shape index (κ1) is 21.9. The summed E-state index contributed by atoms with van der Waals surface area (Å²) < 4.78 is 70.1. The summed E-state index contributed by atoms with van der Waals surface area (Å²) >= 11 is 0. The predicted molar refractivity (Wildman–Crippen MR) is 110 cm³/mol. The number of alkyl halides is 3. The van der Waals surface area contributed by atoms with Crippen LogP contribution in [-0.4, -0.2) is 14.2 Å². The van der Waals surface area contributed by atoms with Crippen molar-refractivity contribution >= 4 is 9.84 Å². The molecule has 0 heterocycles. The molecule has 0 aliphatic heterocycles. The molecule has 0 saturated heterocycles. The van der Waals surface area contributed by atoms with Crippen molar-refractivity contribution in [2.75, 3.05) is 5.75 Å². The lowest BCUT2D eigenvalue weighted by atomic mass is 9.97. The normalized spacial score (nSPS) is 12.0. The fourth-order valence-corrected chi connectivity index (χ4v) is 4.04. The molecule has 3 aromatic carbocycles. The molecule has 0 unspecified atom stereocenters. The van der Waals surface area contributed by atoms with Gasteiger partial charge in [0, 0.05) is 5.56 Å². The molecule has 0 N–H and O–H groups in total. The van der Waals surface area contributed by atoms with Crippen LogP contribution in [0.25, 0.3) is 11.1 Å². The minimum atomic E-state index is -4.51. The lowest BCUT2D eigenvalue weighted by molar-refractivity contribution is -0.137. The van der Waals surface area contributed by atoms with Gasteiger partial charge in [-0.2, -0.15) is 13.2 Å². The van der Waals surface area contributed by atoms with E-state index in [0.717, 1.165) is 17.7 Å². The van der Waals surface area contributed by atoms with E-state index >= 15 is 0 Å². The molecular weight excluding hydrogens is 413 g/mol. The molecule has 3 aromatic rings. The molecule has 0 spiro atoms. The van der Waals surface area contributed by atoms with Gasteiger partial charge in [-0.1, -0.05) is 43.3 Å². The highest BCUT2D eigenvalue weighted by atomic mass is 32.2. The van der Waals surface area contributed by atoms with Gasteiger partial charge in [0.15, 0.2) is 9.84 Å². The SMILES string of the molecule is CCS(=O)(=O)c1ccc(-c2cc(C(F)(F)F)ccc2OCc2ccccc2)c(C)c1. The van der Waals surface area contributed by atoms with Gasteiger partial charge in [-0.25, -0.2) is 8.42 Å². The van der Waals surface area contributed by atoms with Gasteiger partial charge in [0.2, 0.25) is 0 Å². The molecule has 0 aliphatic rings. The second-order valence-corrected chi connectivity index (χ2v) is 9.14. The van der Waals surface area contributed by atoms with Gasteiger partial charge in [0.05, 0.1) is 16.2 Å². The van der Waals surface area contributed by atoms with Crippen molar-refractivity contribution in [2.24, 2.45) is 0 Å². The van der Waals surface area contributed by atoms with Crippen LogP contribution in [0.3, 0.4) is 0 Å². The van der Waals surface area contributed by atoms with Gasteiger partial charge in [0.25, 0.3) is 0 Å². The Morgan fingerprint density at radius 2 is 1.60 bits per heavy atom. The predicted octanol–water partition coefficient (Wildman–Crippen LogP) is 6.05. The number of hydrogen-bond acceptors (Lipinski definition) is 3. The quantitative estimate of drug-likeness (QED) is 0.474. The Bertz CT molecular complexity index is 1140. The van der Waals surface area contributed by atoms with E-state index in [-0.39, 0.29) is 22.8 Å². The summed E-state index contributed by atoms with van der Waals surface area (Å²) in [6.45, 7) is 3.41. The number of aryl methyl sites for hydroxylation is 1. The van der Waals surface area contributed by atoms with Crippen molar-refractivity contribution in [1.82, 2.24) is 0 Å². The molecule has 0 amide bonds. The third-order valence-corrected chi connectivity index (χ3v) is 6.50. The molecule has 0 saturated carbocycles. The van der Waals surface area contributed by atoms with Crippen LogP contribution in [0, 0.1) is 6.92 Å². The van der Waals surface area contributed by atoms with Crippen LogP contribution < -0.4 is 4.74 Å². The smallest absolute Gasteiger partial charge is 0.416 e. The van der Waals surface area contributed by atoms with Crippen LogP contribution in [0.5, 0.6) is 5.75 Å². The maximum atomic E-state index is 13.3. The number of benzene rings is 3. The first-order valence-electron chi connectivity index (χ1n) is 9.33. The second-order valence-electron chi connectivity index (χ2n) is 6.86. The molecule has 3 rings (SSSR count). The highest BCUT2D eigenvalue weighted by Gasteiger charge is 2.31. The van der Waals surface area contributed by atoms with Crippen LogP contribution in [0.1, 0.15) is 23.6 Å². The zero-order chi connectivity index (χ0) is 21.9. The summed E-state index contributed by atoms with van der Waals surface area (Å²) in [4.78, 5) is 0.143. The molecule has 0 radical (unpaired) electrons. The average molecular weight is 434 g/mol. The highest BCUT2D eigenvalue weighted by Crippen LogP contribution is 2.39. The summed E-state index contributed by atoms with van der Waals surface area (Å²) in [7, 11) is -3.42. The zero-order valence-electron chi connectivity index (χ0n) is 16.5. The van der Waals surface area contributed by atoms with Crippen LogP contribution in [0.15, 0.2) is 71.6 Å². The van der Waals surface area contributed by atoms with Crippen molar-refractivity contribution < 1.29 is 26.3 Å². The molecule has 158 valence electrons. The first-order valence-corrected chi connectivity index (χ1v) is 11.0. The fraction of sp³-hybridized carbons (Fsp3) is 0.217. The summed E-state index contributed by atoms with van der Waals surface area (Å²) in [5, 5.41) is 0. The molecule has 0 aromatic heterocycles. The van der Waals surface area contributed by atoms with E-state index in [0.29, 0.717) is 16.9 Å². The highest BCUT2D eigenvalue weighted by molar-refractivity contribution is 7.91. The molecule has 0 atom stereocenters. The number of rotatable bonds is 6. The van der Waals surface area contributed by atoms with E-state index in [1.54, 1.807) is 13.8 Å². The largest absolute Gasteiger partial charge is 0.488 e. The Hall–Kier alpha value is -2.80. The maximum Gasteiger partial charge on any atom is 0.416 e. The van der Waals surface area contributed by atoms with Crippen LogP contribution in [-0.2, 0) is 22.6 Å².